The van der Waals surface area contributed by atoms with E-state index in [1.54, 1.807) is 7.11 Å². The van der Waals surface area contributed by atoms with Crippen molar-refractivity contribution in [1.82, 2.24) is 5.32 Å². The van der Waals surface area contributed by atoms with E-state index in [4.69, 9.17) is 4.74 Å². The van der Waals surface area contributed by atoms with E-state index in [1.807, 2.05) is 49.5 Å². The fourth-order valence-electron chi connectivity index (χ4n) is 3.29. The Morgan fingerprint density at radius 3 is 2.52 bits per heavy atom. The summed E-state index contributed by atoms with van der Waals surface area (Å²) < 4.78 is 5.20. The molecule has 3 rings (SSSR count). The van der Waals surface area contributed by atoms with Crippen molar-refractivity contribution in [1.29, 1.82) is 0 Å². The van der Waals surface area contributed by atoms with E-state index in [-0.39, 0.29) is 0 Å². The molecule has 0 radical (unpaired) electrons. The van der Waals surface area contributed by atoms with Crippen LogP contribution in [0.15, 0.2) is 48.5 Å². The zero-order valence-electron chi connectivity index (χ0n) is 12.5. The van der Waals surface area contributed by atoms with Gasteiger partial charge < -0.3 is 15.2 Å². The second-order valence-electron chi connectivity index (χ2n) is 5.56. The SMILES string of the molecule is CNC1CCC(O)(c2ccc(OC)cc2)c2ccccc21. The average Bonchev–Trinajstić information content (AvgIpc) is 2.55. The van der Waals surface area contributed by atoms with Gasteiger partial charge in [0.1, 0.15) is 11.4 Å². The van der Waals surface area contributed by atoms with Crippen molar-refractivity contribution < 1.29 is 9.84 Å². The van der Waals surface area contributed by atoms with Crippen molar-refractivity contribution in [2.45, 2.75) is 24.5 Å². The smallest absolute Gasteiger partial charge is 0.118 e. The van der Waals surface area contributed by atoms with Crippen molar-refractivity contribution in [2.24, 2.45) is 0 Å². The lowest BCUT2D eigenvalue weighted by Gasteiger charge is -2.38. The summed E-state index contributed by atoms with van der Waals surface area (Å²) in [4.78, 5) is 0. The van der Waals surface area contributed by atoms with Gasteiger partial charge >= 0.3 is 0 Å². The third kappa shape index (κ3) is 2.33. The Labute approximate surface area is 125 Å². The van der Waals surface area contributed by atoms with Crippen molar-refractivity contribution in [3.05, 3.63) is 65.2 Å². The van der Waals surface area contributed by atoms with Crippen LogP contribution in [0.25, 0.3) is 0 Å². The first-order chi connectivity index (χ1) is 10.2. The lowest BCUT2D eigenvalue weighted by Crippen LogP contribution is -2.36. The predicted octanol–water partition coefficient (Wildman–Crippen LogP) is 2.99. The highest BCUT2D eigenvalue weighted by atomic mass is 16.5. The fraction of sp³-hybridized carbons (Fsp3) is 0.333. The van der Waals surface area contributed by atoms with Crippen LogP contribution in [-0.4, -0.2) is 19.3 Å². The van der Waals surface area contributed by atoms with Crippen molar-refractivity contribution in [3.8, 4) is 5.75 Å². The molecule has 2 atom stereocenters. The van der Waals surface area contributed by atoms with Crippen LogP contribution in [0.3, 0.4) is 0 Å². The minimum Gasteiger partial charge on any atom is -0.497 e. The Bertz CT molecular complexity index is 623. The number of hydrogen-bond donors (Lipinski definition) is 2. The minimum atomic E-state index is -0.920. The van der Waals surface area contributed by atoms with Gasteiger partial charge in [-0.1, -0.05) is 36.4 Å². The number of nitrogens with one attached hydrogen (secondary N) is 1. The summed E-state index contributed by atoms with van der Waals surface area (Å²) in [5.41, 5.74) is 2.19. The van der Waals surface area contributed by atoms with Crippen LogP contribution in [0.4, 0.5) is 0 Å². The minimum absolute atomic E-state index is 0.305. The highest BCUT2D eigenvalue weighted by molar-refractivity contribution is 5.45. The fourth-order valence-corrected chi connectivity index (χ4v) is 3.29. The number of rotatable bonds is 3. The first kappa shape index (κ1) is 14.1. The third-order valence-electron chi connectivity index (χ3n) is 4.49. The molecule has 0 amide bonds. The first-order valence-electron chi connectivity index (χ1n) is 7.32. The van der Waals surface area contributed by atoms with E-state index >= 15 is 0 Å². The van der Waals surface area contributed by atoms with Crippen LogP contribution in [0.2, 0.25) is 0 Å². The number of aliphatic hydroxyl groups is 1. The summed E-state index contributed by atoms with van der Waals surface area (Å²) in [5, 5.41) is 14.6. The van der Waals surface area contributed by atoms with Crippen LogP contribution in [-0.2, 0) is 5.60 Å². The molecule has 3 heteroatoms. The van der Waals surface area contributed by atoms with Crippen LogP contribution < -0.4 is 10.1 Å². The molecule has 0 spiro atoms. The molecule has 0 saturated carbocycles. The molecule has 2 unspecified atom stereocenters. The van der Waals surface area contributed by atoms with Gasteiger partial charge in [-0.2, -0.15) is 0 Å². The Morgan fingerprint density at radius 1 is 1.14 bits per heavy atom. The molecular weight excluding hydrogens is 262 g/mol. The normalized spacial score (nSPS) is 24.4. The van der Waals surface area contributed by atoms with E-state index in [2.05, 4.69) is 11.4 Å². The van der Waals surface area contributed by atoms with E-state index in [9.17, 15) is 5.11 Å². The molecule has 0 saturated heterocycles. The largest absolute Gasteiger partial charge is 0.497 e. The lowest BCUT2D eigenvalue weighted by atomic mass is 9.73. The molecule has 3 nitrogen and oxygen atoms in total. The molecule has 0 heterocycles. The molecule has 1 aliphatic carbocycles. The summed E-state index contributed by atoms with van der Waals surface area (Å²) in [5.74, 6) is 0.805. The van der Waals surface area contributed by atoms with Crippen molar-refractivity contribution in [2.75, 3.05) is 14.2 Å². The Kier molecular flexibility index (Phi) is 3.70. The Hall–Kier alpha value is -1.84. The van der Waals surface area contributed by atoms with Crippen LogP contribution in [0.5, 0.6) is 5.75 Å². The molecule has 0 bridgehead atoms. The Balaban J connectivity index is 2.08. The number of benzene rings is 2. The van der Waals surface area contributed by atoms with E-state index < -0.39 is 5.60 Å². The van der Waals surface area contributed by atoms with Crippen LogP contribution >= 0.6 is 0 Å². The molecule has 2 aromatic rings. The van der Waals surface area contributed by atoms with Gasteiger partial charge in [0.25, 0.3) is 0 Å². The van der Waals surface area contributed by atoms with Crippen molar-refractivity contribution >= 4 is 0 Å². The zero-order valence-corrected chi connectivity index (χ0v) is 12.5. The maximum atomic E-state index is 11.3. The number of methoxy groups -OCH3 is 1. The quantitative estimate of drug-likeness (QED) is 0.910. The molecule has 21 heavy (non-hydrogen) atoms. The summed E-state index contributed by atoms with van der Waals surface area (Å²) in [6, 6.07) is 16.2. The van der Waals surface area contributed by atoms with Gasteiger partial charge in [0.05, 0.1) is 7.11 Å². The Morgan fingerprint density at radius 2 is 1.86 bits per heavy atom. The third-order valence-corrected chi connectivity index (χ3v) is 4.49. The van der Waals surface area contributed by atoms with Gasteiger partial charge in [0, 0.05) is 6.04 Å². The van der Waals surface area contributed by atoms with Gasteiger partial charge in [-0.25, -0.2) is 0 Å². The highest BCUT2D eigenvalue weighted by Crippen LogP contribution is 2.44. The predicted molar refractivity (Wildman–Crippen MR) is 83.5 cm³/mol. The molecule has 0 aromatic heterocycles. The molecule has 1 aliphatic rings. The zero-order chi connectivity index (χ0) is 14.9. The molecule has 0 fully saturated rings. The topological polar surface area (TPSA) is 41.5 Å². The molecule has 2 N–H and O–H groups in total. The van der Waals surface area contributed by atoms with E-state index in [0.29, 0.717) is 12.5 Å². The molecule has 2 aromatic carbocycles. The van der Waals surface area contributed by atoms with Crippen molar-refractivity contribution in [3.63, 3.8) is 0 Å². The monoisotopic (exact) mass is 283 g/mol. The van der Waals surface area contributed by atoms with Gasteiger partial charge in [-0.3, -0.25) is 0 Å². The second kappa shape index (κ2) is 5.51. The first-order valence-corrected chi connectivity index (χ1v) is 7.32. The van der Waals surface area contributed by atoms with Gasteiger partial charge in [-0.05, 0) is 48.7 Å². The molecule has 110 valence electrons. The molecule has 0 aliphatic heterocycles. The average molecular weight is 283 g/mol. The van der Waals surface area contributed by atoms with Crippen LogP contribution in [0, 0.1) is 0 Å². The highest BCUT2D eigenvalue weighted by Gasteiger charge is 2.38. The number of hydrogen-bond acceptors (Lipinski definition) is 3. The molecular formula is C18H21NO2. The lowest BCUT2D eigenvalue weighted by molar-refractivity contribution is 0.0553. The van der Waals surface area contributed by atoms with Crippen LogP contribution in [0.1, 0.15) is 35.6 Å². The summed E-state index contributed by atoms with van der Waals surface area (Å²) in [6.45, 7) is 0. The summed E-state index contributed by atoms with van der Waals surface area (Å²) >= 11 is 0. The summed E-state index contributed by atoms with van der Waals surface area (Å²) in [6.07, 6.45) is 1.62. The standard InChI is InChI=1S/C18H21NO2/c1-19-17-11-12-18(20,16-6-4-3-5-15(16)17)13-7-9-14(21-2)10-8-13/h3-10,17,19-20H,11-12H2,1-2H3. The maximum absolute atomic E-state index is 11.3. The summed E-state index contributed by atoms with van der Waals surface area (Å²) in [7, 11) is 3.62. The number of ether oxygens (including phenoxy) is 1. The van der Waals surface area contributed by atoms with E-state index in [1.165, 1.54) is 5.56 Å². The number of fused-ring (bicyclic) bond motifs is 1. The van der Waals surface area contributed by atoms with Gasteiger partial charge in [0.2, 0.25) is 0 Å². The maximum Gasteiger partial charge on any atom is 0.118 e. The van der Waals surface area contributed by atoms with E-state index in [0.717, 1.165) is 23.3 Å². The van der Waals surface area contributed by atoms with Gasteiger partial charge in [-0.15, -0.1) is 0 Å². The van der Waals surface area contributed by atoms with Gasteiger partial charge in [0.15, 0.2) is 0 Å². The second-order valence-corrected chi connectivity index (χ2v) is 5.56.